The van der Waals surface area contributed by atoms with E-state index in [4.69, 9.17) is 5.73 Å². The molecule has 0 unspecified atom stereocenters. The zero-order valence-corrected chi connectivity index (χ0v) is 10.8. The van der Waals surface area contributed by atoms with Crippen molar-refractivity contribution in [2.45, 2.75) is 6.92 Å². The second-order valence-corrected chi connectivity index (χ2v) is 4.13. The standard InChI is InChI=1S/C13H15FN4O/c1-3-18(10-6-4-9(14)5-7-10)13(19)12-11(15)8-17(2)16-12/h4-8H,3,15H2,1-2H3. The van der Waals surface area contributed by atoms with E-state index < -0.39 is 0 Å². The van der Waals surface area contributed by atoms with Crippen LogP contribution in [-0.4, -0.2) is 22.2 Å². The summed E-state index contributed by atoms with van der Waals surface area (Å²) in [4.78, 5) is 13.9. The number of nitrogens with zero attached hydrogens (tertiary/aromatic N) is 3. The summed E-state index contributed by atoms with van der Waals surface area (Å²) in [7, 11) is 1.70. The molecule has 1 heterocycles. The summed E-state index contributed by atoms with van der Waals surface area (Å²) in [5.41, 5.74) is 6.89. The Bertz CT molecular complexity index is 591. The molecule has 1 aromatic heterocycles. The highest BCUT2D eigenvalue weighted by molar-refractivity contribution is 6.07. The number of carbonyl (C=O) groups is 1. The molecule has 2 aromatic rings. The van der Waals surface area contributed by atoms with Gasteiger partial charge in [-0.05, 0) is 31.2 Å². The molecule has 0 radical (unpaired) electrons. The van der Waals surface area contributed by atoms with Crippen LogP contribution in [0.1, 0.15) is 17.4 Å². The van der Waals surface area contributed by atoms with Gasteiger partial charge in [-0.1, -0.05) is 0 Å². The molecule has 1 amide bonds. The first-order valence-electron chi connectivity index (χ1n) is 5.89. The van der Waals surface area contributed by atoms with Gasteiger partial charge in [0.05, 0.1) is 5.69 Å². The van der Waals surface area contributed by atoms with Crippen molar-refractivity contribution < 1.29 is 9.18 Å². The zero-order valence-electron chi connectivity index (χ0n) is 10.8. The van der Waals surface area contributed by atoms with Crippen molar-refractivity contribution in [1.29, 1.82) is 0 Å². The molecule has 0 aliphatic carbocycles. The van der Waals surface area contributed by atoms with Crippen LogP contribution >= 0.6 is 0 Å². The number of benzene rings is 1. The van der Waals surface area contributed by atoms with Gasteiger partial charge in [0.2, 0.25) is 0 Å². The molecule has 0 saturated carbocycles. The van der Waals surface area contributed by atoms with Gasteiger partial charge in [0.25, 0.3) is 5.91 Å². The molecule has 2 N–H and O–H groups in total. The fourth-order valence-corrected chi connectivity index (χ4v) is 1.87. The number of aromatic nitrogens is 2. The SMILES string of the molecule is CCN(C(=O)c1nn(C)cc1N)c1ccc(F)cc1. The Kier molecular flexibility index (Phi) is 3.50. The Labute approximate surface area is 110 Å². The molecule has 0 aliphatic rings. The molecule has 2 rings (SSSR count). The van der Waals surface area contributed by atoms with Crippen LogP contribution in [0.2, 0.25) is 0 Å². The molecule has 100 valence electrons. The lowest BCUT2D eigenvalue weighted by Crippen LogP contribution is -2.31. The molecular weight excluding hydrogens is 247 g/mol. The average molecular weight is 262 g/mol. The Balaban J connectivity index is 2.34. The highest BCUT2D eigenvalue weighted by Gasteiger charge is 2.21. The fourth-order valence-electron chi connectivity index (χ4n) is 1.87. The van der Waals surface area contributed by atoms with Gasteiger partial charge in [0.1, 0.15) is 5.82 Å². The Morgan fingerprint density at radius 1 is 1.42 bits per heavy atom. The second kappa shape index (κ2) is 5.09. The number of anilines is 2. The molecule has 1 aromatic carbocycles. The van der Waals surface area contributed by atoms with Crippen LogP contribution in [0.5, 0.6) is 0 Å². The number of aryl methyl sites for hydroxylation is 1. The van der Waals surface area contributed by atoms with Crippen molar-refractivity contribution in [2.75, 3.05) is 17.2 Å². The third-order valence-electron chi connectivity index (χ3n) is 2.76. The minimum Gasteiger partial charge on any atom is -0.396 e. The Morgan fingerprint density at radius 2 is 2.05 bits per heavy atom. The number of hydrogen-bond donors (Lipinski definition) is 1. The van der Waals surface area contributed by atoms with Crippen molar-refractivity contribution in [2.24, 2.45) is 7.05 Å². The smallest absolute Gasteiger partial charge is 0.280 e. The third-order valence-corrected chi connectivity index (χ3v) is 2.76. The highest BCUT2D eigenvalue weighted by atomic mass is 19.1. The van der Waals surface area contributed by atoms with E-state index in [9.17, 15) is 9.18 Å². The highest BCUT2D eigenvalue weighted by Crippen LogP contribution is 2.19. The Hall–Kier alpha value is -2.37. The summed E-state index contributed by atoms with van der Waals surface area (Å²) < 4.78 is 14.4. The van der Waals surface area contributed by atoms with Crippen molar-refractivity contribution >= 4 is 17.3 Å². The summed E-state index contributed by atoms with van der Waals surface area (Å²) in [5, 5.41) is 4.05. The van der Waals surface area contributed by atoms with E-state index in [-0.39, 0.29) is 17.4 Å². The molecule has 19 heavy (non-hydrogen) atoms. The van der Waals surface area contributed by atoms with E-state index >= 15 is 0 Å². The maximum absolute atomic E-state index is 12.9. The van der Waals surface area contributed by atoms with Crippen LogP contribution in [0.3, 0.4) is 0 Å². The predicted octanol–water partition coefficient (Wildman–Crippen LogP) is 1.81. The van der Waals surface area contributed by atoms with Crippen LogP contribution < -0.4 is 10.6 Å². The maximum atomic E-state index is 12.9. The van der Waals surface area contributed by atoms with Gasteiger partial charge in [-0.25, -0.2) is 4.39 Å². The zero-order chi connectivity index (χ0) is 14.0. The van der Waals surface area contributed by atoms with Gasteiger partial charge in [-0.3, -0.25) is 9.48 Å². The summed E-state index contributed by atoms with van der Waals surface area (Å²) >= 11 is 0. The largest absolute Gasteiger partial charge is 0.396 e. The van der Waals surface area contributed by atoms with Crippen LogP contribution in [0.4, 0.5) is 15.8 Å². The first-order valence-corrected chi connectivity index (χ1v) is 5.89. The quantitative estimate of drug-likeness (QED) is 0.917. The van der Waals surface area contributed by atoms with Gasteiger partial charge in [-0.15, -0.1) is 0 Å². The number of halogens is 1. The van der Waals surface area contributed by atoms with E-state index in [0.29, 0.717) is 17.9 Å². The number of nitrogen functional groups attached to an aromatic ring is 1. The lowest BCUT2D eigenvalue weighted by molar-refractivity contribution is 0.0983. The average Bonchev–Trinajstić information content (AvgIpc) is 2.71. The molecule has 6 heteroatoms. The predicted molar refractivity (Wildman–Crippen MR) is 71.4 cm³/mol. The molecule has 0 bridgehead atoms. The number of hydrogen-bond acceptors (Lipinski definition) is 3. The van der Waals surface area contributed by atoms with Crippen LogP contribution in [0, 0.1) is 5.82 Å². The summed E-state index contributed by atoms with van der Waals surface area (Å²) in [6.07, 6.45) is 1.58. The van der Waals surface area contributed by atoms with Gasteiger partial charge in [0, 0.05) is 25.5 Å². The molecule has 0 saturated heterocycles. The van der Waals surface area contributed by atoms with Crippen molar-refractivity contribution in [3.05, 3.63) is 42.0 Å². The van der Waals surface area contributed by atoms with Gasteiger partial charge in [-0.2, -0.15) is 5.10 Å². The van der Waals surface area contributed by atoms with Crippen molar-refractivity contribution in [3.8, 4) is 0 Å². The number of nitrogens with two attached hydrogens (primary N) is 1. The summed E-state index contributed by atoms with van der Waals surface area (Å²) in [6, 6.07) is 5.73. The summed E-state index contributed by atoms with van der Waals surface area (Å²) in [6.45, 7) is 2.28. The molecule has 0 aliphatic heterocycles. The fraction of sp³-hybridized carbons (Fsp3) is 0.231. The first-order chi connectivity index (χ1) is 9.02. The number of amides is 1. The normalized spacial score (nSPS) is 10.5. The topological polar surface area (TPSA) is 64.2 Å². The van der Waals surface area contributed by atoms with E-state index in [0.717, 1.165) is 0 Å². The van der Waals surface area contributed by atoms with Gasteiger partial charge >= 0.3 is 0 Å². The third kappa shape index (κ3) is 2.57. The molecule has 5 nitrogen and oxygen atoms in total. The minimum atomic E-state index is -0.343. The molecule has 0 atom stereocenters. The monoisotopic (exact) mass is 262 g/mol. The van der Waals surface area contributed by atoms with Crippen LogP contribution in [-0.2, 0) is 7.05 Å². The maximum Gasteiger partial charge on any atom is 0.280 e. The molecule has 0 fully saturated rings. The van der Waals surface area contributed by atoms with Crippen molar-refractivity contribution in [3.63, 3.8) is 0 Å². The summed E-state index contributed by atoms with van der Waals surface area (Å²) in [5.74, 6) is -0.642. The lowest BCUT2D eigenvalue weighted by Gasteiger charge is -2.20. The van der Waals surface area contributed by atoms with E-state index in [1.165, 1.54) is 21.7 Å². The van der Waals surface area contributed by atoms with Crippen molar-refractivity contribution in [1.82, 2.24) is 9.78 Å². The van der Waals surface area contributed by atoms with Gasteiger partial charge in [0.15, 0.2) is 5.69 Å². The second-order valence-electron chi connectivity index (χ2n) is 4.13. The number of carbonyl (C=O) groups excluding carboxylic acids is 1. The van der Waals surface area contributed by atoms with E-state index in [1.807, 2.05) is 6.92 Å². The van der Waals surface area contributed by atoms with Gasteiger partial charge < -0.3 is 10.6 Å². The van der Waals surface area contributed by atoms with E-state index in [1.54, 1.807) is 25.4 Å². The molecular formula is C13H15FN4O. The first kappa shape index (κ1) is 13.1. The Morgan fingerprint density at radius 3 is 2.53 bits per heavy atom. The number of rotatable bonds is 3. The van der Waals surface area contributed by atoms with E-state index in [2.05, 4.69) is 5.10 Å². The lowest BCUT2D eigenvalue weighted by atomic mass is 10.2. The van der Waals surface area contributed by atoms with Crippen LogP contribution in [0.25, 0.3) is 0 Å². The molecule has 0 spiro atoms. The minimum absolute atomic E-state index is 0.202. The van der Waals surface area contributed by atoms with Crippen LogP contribution in [0.15, 0.2) is 30.5 Å².